The topological polar surface area (TPSA) is 148 Å². The first-order chi connectivity index (χ1) is 17.0. The molecule has 2 amide bonds. The fourth-order valence-corrected chi connectivity index (χ4v) is 4.44. The third-order valence-corrected chi connectivity index (χ3v) is 6.32. The Morgan fingerprint density at radius 1 is 1.29 bits per heavy atom. The predicted octanol–water partition coefficient (Wildman–Crippen LogP) is 1.62. The van der Waals surface area contributed by atoms with E-state index >= 15 is 0 Å². The van der Waals surface area contributed by atoms with Gasteiger partial charge in [-0.05, 0) is 37.5 Å². The van der Waals surface area contributed by atoms with Crippen molar-refractivity contribution in [1.82, 2.24) is 20.3 Å². The number of carbonyl (C=O) groups excluding carboxylic acids is 2. The van der Waals surface area contributed by atoms with Crippen LogP contribution in [0.5, 0.6) is 11.6 Å². The summed E-state index contributed by atoms with van der Waals surface area (Å²) in [5, 5.41) is 19.8. The number of aliphatic hydroxyl groups is 1. The molecule has 182 valence electrons. The minimum absolute atomic E-state index is 0.0165. The number of fused-ring (bicyclic) bond motifs is 2. The van der Waals surface area contributed by atoms with E-state index in [1.807, 2.05) is 0 Å². The Morgan fingerprint density at radius 3 is 3.00 bits per heavy atom. The van der Waals surface area contributed by atoms with Gasteiger partial charge in [0.15, 0.2) is 12.4 Å². The van der Waals surface area contributed by atoms with E-state index in [-0.39, 0.29) is 30.4 Å². The van der Waals surface area contributed by atoms with Crippen molar-refractivity contribution in [3.63, 3.8) is 0 Å². The average molecular weight is 479 g/mol. The third-order valence-electron chi connectivity index (χ3n) is 6.32. The number of methoxy groups -OCH3 is 1. The molecular weight excluding hydrogens is 452 g/mol. The number of carbonyl (C=O) groups is 2. The minimum atomic E-state index is -0.687. The van der Waals surface area contributed by atoms with Crippen molar-refractivity contribution in [2.45, 2.75) is 38.0 Å². The SMILES string of the molecule is COc1ccc2nccc(NC(=O)[C@@H]3CCC(NCc4cc5c(cn4)OCC(=O)N5)C(O)C3)c2n1. The number of hydrogen-bond donors (Lipinski definition) is 4. The Balaban J connectivity index is 1.18. The largest absolute Gasteiger partial charge is 0.481 e. The highest BCUT2D eigenvalue weighted by Gasteiger charge is 2.33. The number of pyridine rings is 3. The van der Waals surface area contributed by atoms with Crippen molar-refractivity contribution in [3.8, 4) is 11.6 Å². The molecule has 0 radical (unpaired) electrons. The molecule has 0 bridgehead atoms. The molecule has 35 heavy (non-hydrogen) atoms. The number of rotatable bonds is 6. The Kier molecular flexibility index (Phi) is 6.43. The first-order valence-corrected chi connectivity index (χ1v) is 11.4. The van der Waals surface area contributed by atoms with Crippen LogP contribution in [0.3, 0.4) is 0 Å². The van der Waals surface area contributed by atoms with E-state index < -0.39 is 6.10 Å². The first kappa shape index (κ1) is 22.9. The molecule has 2 aliphatic rings. The number of anilines is 2. The Bertz CT molecular complexity index is 1270. The molecule has 4 heterocycles. The second kappa shape index (κ2) is 9.80. The standard InChI is InChI=1S/C24H26N6O5/c1-34-22-5-4-16-23(30-22)17(6-7-25-16)29-24(33)13-2-3-15(19(31)8-13)27-10-14-9-18-20(11-26-14)35-12-21(32)28-18/h4-7,9,11,13,15,19,27,31H,2-3,8,10,12H2,1H3,(H,28,32)(H,25,29,33)/t13-,15?,19?/m1/s1. The lowest BCUT2D eigenvalue weighted by Crippen LogP contribution is -2.46. The van der Waals surface area contributed by atoms with Gasteiger partial charge in [-0.15, -0.1) is 0 Å². The quantitative estimate of drug-likeness (QED) is 0.415. The van der Waals surface area contributed by atoms with Gasteiger partial charge >= 0.3 is 0 Å². The molecule has 1 aliphatic carbocycles. The fourth-order valence-electron chi connectivity index (χ4n) is 4.44. The van der Waals surface area contributed by atoms with Gasteiger partial charge in [-0.1, -0.05) is 0 Å². The van der Waals surface area contributed by atoms with Crippen molar-refractivity contribution in [3.05, 3.63) is 42.4 Å². The molecule has 2 unspecified atom stereocenters. The lowest BCUT2D eigenvalue weighted by Gasteiger charge is -2.33. The fraction of sp³-hybridized carbons (Fsp3) is 0.375. The van der Waals surface area contributed by atoms with E-state index in [1.165, 1.54) is 7.11 Å². The van der Waals surface area contributed by atoms with E-state index in [9.17, 15) is 14.7 Å². The molecule has 3 atom stereocenters. The van der Waals surface area contributed by atoms with Crippen LogP contribution in [0.4, 0.5) is 11.4 Å². The van der Waals surface area contributed by atoms with Gasteiger partial charge in [0.25, 0.3) is 5.91 Å². The van der Waals surface area contributed by atoms with Crippen LogP contribution in [0.15, 0.2) is 36.7 Å². The highest BCUT2D eigenvalue weighted by Crippen LogP contribution is 2.29. The van der Waals surface area contributed by atoms with E-state index in [4.69, 9.17) is 9.47 Å². The molecule has 5 rings (SSSR count). The Labute approximate surface area is 201 Å². The highest BCUT2D eigenvalue weighted by molar-refractivity contribution is 6.00. The second-order valence-electron chi connectivity index (χ2n) is 8.64. The number of aromatic nitrogens is 3. The molecule has 1 saturated carbocycles. The lowest BCUT2D eigenvalue weighted by atomic mass is 9.83. The molecule has 0 spiro atoms. The number of nitrogens with one attached hydrogen (secondary N) is 3. The zero-order valence-corrected chi connectivity index (χ0v) is 19.2. The second-order valence-corrected chi connectivity index (χ2v) is 8.64. The van der Waals surface area contributed by atoms with Crippen molar-refractivity contribution < 1.29 is 24.2 Å². The van der Waals surface area contributed by atoms with Crippen molar-refractivity contribution in [1.29, 1.82) is 0 Å². The molecular formula is C24H26N6O5. The number of hydrogen-bond acceptors (Lipinski definition) is 9. The summed E-state index contributed by atoms with van der Waals surface area (Å²) in [6.07, 6.45) is 4.11. The van der Waals surface area contributed by atoms with Crippen molar-refractivity contribution in [2.75, 3.05) is 24.4 Å². The highest BCUT2D eigenvalue weighted by atomic mass is 16.5. The summed E-state index contributed by atoms with van der Waals surface area (Å²) in [7, 11) is 1.53. The van der Waals surface area contributed by atoms with Crippen LogP contribution >= 0.6 is 0 Å². The minimum Gasteiger partial charge on any atom is -0.481 e. The summed E-state index contributed by atoms with van der Waals surface area (Å²) in [5.74, 6) is 0.281. The summed E-state index contributed by atoms with van der Waals surface area (Å²) < 4.78 is 10.5. The van der Waals surface area contributed by atoms with Crippen LogP contribution in [0.2, 0.25) is 0 Å². The van der Waals surface area contributed by atoms with Gasteiger partial charge in [0.1, 0.15) is 5.52 Å². The Morgan fingerprint density at radius 2 is 2.17 bits per heavy atom. The summed E-state index contributed by atoms with van der Waals surface area (Å²) in [4.78, 5) is 37.5. The van der Waals surface area contributed by atoms with Gasteiger partial charge in [0.2, 0.25) is 11.8 Å². The monoisotopic (exact) mass is 478 g/mol. The molecule has 1 aliphatic heterocycles. The third kappa shape index (κ3) is 5.00. The van der Waals surface area contributed by atoms with Crippen LogP contribution in [0.25, 0.3) is 11.0 Å². The van der Waals surface area contributed by atoms with Crippen molar-refractivity contribution >= 4 is 34.2 Å². The maximum absolute atomic E-state index is 13.0. The summed E-state index contributed by atoms with van der Waals surface area (Å²) in [5.41, 5.74) is 3.07. The first-order valence-electron chi connectivity index (χ1n) is 11.4. The molecule has 11 nitrogen and oxygen atoms in total. The number of ether oxygens (including phenoxy) is 2. The summed E-state index contributed by atoms with van der Waals surface area (Å²) in [6, 6.07) is 6.79. The smallest absolute Gasteiger partial charge is 0.262 e. The zero-order chi connectivity index (χ0) is 24.4. The maximum atomic E-state index is 13.0. The van der Waals surface area contributed by atoms with Crippen molar-refractivity contribution in [2.24, 2.45) is 5.92 Å². The molecule has 1 fully saturated rings. The van der Waals surface area contributed by atoms with Gasteiger partial charge in [-0.25, -0.2) is 4.98 Å². The molecule has 11 heteroatoms. The average Bonchev–Trinajstić information content (AvgIpc) is 2.87. The van der Waals surface area contributed by atoms with Gasteiger partial charge in [-0.3, -0.25) is 19.6 Å². The molecule has 3 aromatic heterocycles. The van der Waals surface area contributed by atoms with Crippen LogP contribution in [-0.2, 0) is 16.1 Å². The molecule has 3 aromatic rings. The van der Waals surface area contributed by atoms with E-state index in [0.717, 1.165) is 0 Å². The van der Waals surface area contributed by atoms with Gasteiger partial charge in [0.05, 0.1) is 42.0 Å². The van der Waals surface area contributed by atoms with Crippen LogP contribution < -0.4 is 25.4 Å². The van der Waals surface area contributed by atoms with E-state index in [2.05, 4.69) is 30.9 Å². The van der Waals surface area contributed by atoms with Crippen LogP contribution in [-0.4, -0.2) is 57.7 Å². The maximum Gasteiger partial charge on any atom is 0.262 e. The molecule has 0 saturated heterocycles. The molecule has 0 aromatic carbocycles. The predicted molar refractivity (Wildman–Crippen MR) is 127 cm³/mol. The lowest BCUT2D eigenvalue weighted by molar-refractivity contribution is -0.122. The van der Waals surface area contributed by atoms with Gasteiger partial charge in [-0.2, -0.15) is 0 Å². The van der Waals surface area contributed by atoms with E-state index in [1.54, 1.807) is 36.7 Å². The number of aliphatic hydroxyl groups excluding tert-OH is 1. The normalized spacial score (nSPS) is 21.5. The number of amides is 2. The summed E-state index contributed by atoms with van der Waals surface area (Å²) >= 11 is 0. The van der Waals surface area contributed by atoms with Crippen LogP contribution in [0.1, 0.15) is 25.0 Å². The van der Waals surface area contributed by atoms with Gasteiger partial charge in [0, 0.05) is 30.8 Å². The number of nitrogens with zero attached hydrogens (tertiary/aromatic N) is 3. The van der Waals surface area contributed by atoms with Crippen LogP contribution in [0, 0.1) is 5.92 Å². The van der Waals surface area contributed by atoms with E-state index in [0.29, 0.717) is 65.5 Å². The Hall–Kier alpha value is -3.83. The summed E-state index contributed by atoms with van der Waals surface area (Å²) in [6.45, 7) is 0.398. The van der Waals surface area contributed by atoms with Gasteiger partial charge < -0.3 is 30.5 Å². The molecule has 4 N–H and O–H groups in total. The zero-order valence-electron chi connectivity index (χ0n) is 19.2.